The number of nitrogens with one attached hydrogen (secondary N) is 1. The van der Waals surface area contributed by atoms with E-state index in [1.54, 1.807) is 0 Å². The van der Waals surface area contributed by atoms with Gasteiger partial charge in [0, 0.05) is 12.6 Å². The van der Waals surface area contributed by atoms with Crippen molar-refractivity contribution in [3.63, 3.8) is 0 Å². The van der Waals surface area contributed by atoms with Crippen LogP contribution < -0.4 is 11.1 Å². The zero-order valence-electron chi connectivity index (χ0n) is 8.63. The van der Waals surface area contributed by atoms with Gasteiger partial charge in [-0.05, 0) is 20.8 Å². The second-order valence-corrected chi connectivity index (χ2v) is 4.46. The predicted octanol–water partition coefficient (Wildman–Crippen LogP) is 0.837. The number of hydrogen-bond acceptors (Lipinski definition) is 4. The Bertz CT molecular complexity index is 335. The second-order valence-electron chi connectivity index (χ2n) is 3.26. The van der Waals surface area contributed by atoms with Gasteiger partial charge in [0.1, 0.15) is 4.88 Å². The molecular formula is C9H15N3OS. The Morgan fingerprint density at radius 1 is 1.64 bits per heavy atom. The third-order valence-electron chi connectivity index (χ3n) is 1.84. The van der Waals surface area contributed by atoms with Gasteiger partial charge >= 0.3 is 0 Å². The summed E-state index contributed by atoms with van der Waals surface area (Å²) in [5, 5.41) is 3.72. The SMILES string of the molecule is Cc1nc(C)c(C(=O)N[C@@H](C)CN)s1. The highest BCUT2D eigenvalue weighted by Gasteiger charge is 2.14. The molecule has 0 aromatic carbocycles. The lowest BCUT2D eigenvalue weighted by Crippen LogP contribution is -2.37. The molecule has 0 fully saturated rings. The summed E-state index contributed by atoms with van der Waals surface area (Å²) >= 11 is 1.41. The van der Waals surface area contributed by atoms with Gasteiger partial charge in [-0.3, -0.25) is 4.79 Å². The normalized spacial score (nSPS) is 12.6. The van der Waals surface area contributed by atoms with Gasteiger partial charge in [0.25, 0.3) is 5.91 Å². The number of carbonyl (C=O) groups excluding carboxylic acids is 1. The fourth-order valence-electron chi connectivity index (χ4n) is 1.09. The van der Waals surface area contributed by atoms with Gasteiger partial charge in [0.2, 0.25) is 0 Å². The third-order valence-corrected chi connectivity index (χ3v) is 2.91. The van der Waals surface area contributed by atoms with Crippen LogP contribution in [0.4, 0.5) is 0 Å². The maximum Gasteiger partial charge on any atom is 0.263 e. The van der Waals surface area contributed by atoms with Crippen molar-refractivity contribution < 1.29 is 4.79 Å². The van der Waals surface area contributed by atoms with Crippen molar-refractivity contribution in [2.75, 3.05) is 6.54 Å². The van der Waals surface area contributed by atoms with Crippen LogP contribution in [0.1, 0.15) is 27.3 Å². The quantitative estimate of drug-likeness (QED) is 0.781. The van der Waals surface area contributed by atoms with Crippen LogP contribution >= 0.6 is 11.3 Å². The van der Waals surface area contributed by atoms with Gasteiger partial charge in [0.15, 0.2) is 0 Å². The summed E-state index contributed by atoms with van der Waals surface area (Å²) in [6.45, 7) is 6.05. The monoisotopic (exact) mass is 213 g/mol. The lowest BCUT2D eigenvalue weighted by Gasteiger charge is -2.09. The maximum absolute atomic E-state index is 11.7. The first-order valence-corrected chi connectivity index (χ1v) is 5.31. The molecule has 0 aliphatic carbocycles. The van der Waals surface area contributed by atoms with E-state index >= 15 is 0 Å². The van der Waals surface area contributed by atoms with E-state index in [-0.39, 0.29) is 11.9 Å². The van der Waals surface area contributed by atoms with E-state index in [0.717, 1.165) is 10.7 Å². The first-order chi connectivity index (χ1) is 6.54. The van der Waals surface area contributed by atoms with Gasteiger partial charge in [-0.1, -0.05) is 0 Å². The van der Waals surface area contributed by atoms with Crippen molar-refractivity contribution in [2.24, 2.45) is 5.73 Å². The molecule has 3 N–H and O–H groups in total. The minimum absolute atomic E-state index is 0.00399. The third kappa shape index (κ3) is 2.52. The number of rotatable bonds is 3. The molecule has 1 atom stereocenters. The Kier molecular flexibility index (Phi) is 3.60. The fourth-order valence-corrected chi connectivity index (χ4v) is 1.91. The summed E-state index contributed by atoms with van der Waals surface area (Å²) in [7, 11) is 0. The maximum atomic E-state index is 11.7. The first-order valence-electron chi connectivity index (χ1n) is 4.49. The molecule has 14 heavy (non-hydrogen) atoms. The van der Waals surface area contributed by atoms with Crippen LogP contribution in [-0.2, 0) is 0 Å². The Morgan fingerprint density at radius 3 is 2.71 bits per heavy atom. The zero-order chi connectivity index (χ0) is 10.7. The molecule has 78 valence electrons. The molecule has 0 spiro atoms. The molecule has 1 aromatic rings. The predicted molar refractivity (Wildman–Crippen MR) is 57.6 cm³/mol. The Balaban J connectivity index is 2.74. The second kappa shape index (κ2) is 4.52. The summed E-state index contributed by atoms with van der Waals surface area (Å²) in [6.07, 6.45) is 0. The number of thiazole rings is 1. The van der Waals surface area contributed by atoms with Gasteiger partial charge < -0.3 is 11.1 Å². The molecule has 1 heterocycles. The summed E-state index contributed by atoms with van der Waals surface area (Å²) in [4.78, 5) is 16.5. The van der Waals surface area contributed by atoms with Gasteiger partial charge in [0.05, 0.1) is 10.7 Å². The minimum Gasteiger partial charge on any atom is -0.348 e. The van der Waals surface area contributed by atoms with E-state index in [1.807, 2.05) is 20.8 Å². The molecule has 4 nitrogen and oxygen atoms in total. The Labute approximate surface area is 87.5 Å². The number of nitrogens with two attached hydrogens (primary N) is 1. The fraction of sp³-hybridized carbons (Fsp3) is 0.556. The van der Waals surface area contributed by atoms with Crippen LogP contribution in [0.5, 0.6) is 0 Å². The number of amides is 1. The van der Waals surface area contributed by atoms with Gasteiger partial charge in [-0.15, -0.1) is 11.3 Å². The molecule has 0 saturated carbocycles. The van der Waals surface area contributed by atoms with Crippen molar-refractivity contribution in [3.8, 4) is 0 Å². The van der Waals surface area contributed by atoms with Gasteiger partial charge in [-0.2, -0.15) is 0 Å². The average molecular weight is 213 g/mol. The minimum atomic E-state index is -0.0777. The van der Waals surface area contributed by atoms with Crippen LogP contribution in [0, 0.1) is 13.8 Å². The Hall–Kier alpha value is -0.940. The number of hydrogen-bond donors (Lipinski definition) is 2. The smallest absolute Gasteiger partial charge is 0.263 e. The number of aryl methyl sites for hydroxylation is 2. The number of aromatic nitrogens is 1. The largest absolute Gasteiger partial charge is 0.348 e. The van der Waals surface area contributed by atoms with E-state index in [2.05, 4.69) is 10.3 Å². The summed E-state index contributed by atoms with van der Waals surface area (Å²) in [5.41, 5.74) is 6.20. The van der Waals surface area contributed by atoms with E-state index in [4.69, 9.17) is 5.73 Å². The van der Waals surface area contributed by atoms with Crippen molar-refractivity contribution in [3.05, 3.63) is 15.6 Å². The lowest BCUT2D eigenvalue weighted by molar-refractivity contribution is 0.0944. The number of nitrogens with zero attached hydrogens (tertiary/aromatic N) is 1. The van der Waals surface area contributed by atoms with Crippen molar-refractivity contribution in [1.82, 2.24) is 10.3 Å². The van der Waals surface area contributed by atoms with Crippen LogP contribution in [0.3, 0.4) is 0 Å². The van der Waals surface area contributed by atoms with Crippen LogP contribution in [0.15, 0.2) is 0 Å². The molecule has 0 aliphatic rings. The molecule has 5 heteroatoms. The summed E-state index contributed by atoms with van der Waals surface area (Å²) < 4.78 is 0. The summed E-state index contributed by atoms with van der Waals surface area (Å²) in [5.74, 6) is -0.0777. The highest BCUT2D eigenvalue weighted by atomic mass is 32.1. The molecule has 1 amide bonds. The lowest BCUT2D eigenvalue weighted by atomic mass is 10.3. The van der Waals surface area contributed by atoms with Crippen molar-refractivity contribution in [1.29, 1.82) is 0 Å². The highest BCUT2D eigenvalue weighted by Crippen LogP contribution is 2.16. The summed E-state index contributed by atoms with van der Waals surface area (Å²) in [6, 6.07) is 0.00399. The molecule has 0 bridgehead atoms. The van der Waals surface area contributed by atoms with Crippen LogP contribution in [0.25, 0.3) is 0 Å². The van der Waals surface area contributed by atoms with E-state index < -0.39 is 0 Å². The molecule has 1 aromatic heterocycles. The molecule has 0 saturated heterocycles. The molecule has 0 unspecified atom stereocenters. The number of carbonyl (C=O) groups is 1. The van der Waals surface area contributed by atoms with Crippen LogP contribution in [0.2, 0.25) is 0 Å². The van der Waals surface area contributed by atoms with Crippen molar-refractivity contribution in [2.45, 2.75) is 26.8 Å². The van der Waals surface area contributed by atoms with Crippen LogP contribution in [-0.4, -0.2) is 23.5 Å². The standard InChI is InChI=1S/C9H15N3OS/c1-5(4-10)11-9(13)8-6(2)12-7(3)14-8/h5H,4,10H2,1-3H3,(H,11,13)/t5-/m0/s1. The molecule has 0 radical (unpaired) electrons. The molecule has 1 rings (SSSR count). The zero-order valence-corrected chi connectivity index (χ0v) is 9.44. The average Bonchev–Trinajstić information content (AvgIpc) is 2.45. The Morgan fingerprint density at radius 2 is 2.29 bits per heavy atom. The highest BCUT2D eigenvalue weighted by molar-refractivity contribution is 7.13. The molecular weight excluding hydrogens is 198 g/mol. The topological polar surface area (TPSA) is 68.0 Å². The van der Waals surface area contributed by atoms with Gasteiger partial charge in [-0.25, -0.2) is 4.98 Å². The van der Waals surface area contributed by atoms with Crippen molar-refractivity contribution >= 4 is 17.2 Å². The first kappa shape index (κ1) is 11.1. The molecule has 0 aliphatic heterocycles. The van der Waals surface area contributed by atoms with E-state index in [1.165, 1.54) is 11.3 Å². The van der Waals surface area contributed by atoms with E-state index in [0.29, 0.717) is 11.4 Å². The van der Waals surface area contributed by atoms with E-state index in [9.17, 15) is 4.79 Å².